The molecule has 90 valence electrons. The van der Waals surface area contributed by atoms with E-state index in [9.17, 15) is 0 Å². The molecule has 2 rings (SSSR count). The average molecular weight is 229 g/mol. The first-order valence-electron chi connectivity index (χ1n) is 6.08. The van der Waals surface area contributed by atoms with Crippen LogP contribution in [0.2, 0.25) is 0 Å². The summed E-state index contributed by atoms with van der Waals surface area (Å²) in [4.78, 5) is 7.40. The largest absolute Gasteiger partial charge is 0.348 e. The van der Waals surface area contributed by atoms with Crippen molar-refractivity contribution in [2.45, 2.75) is 32.9 Å². The normalized spacial score (nSPS) is 12.6. The molecule has 3 nitrogen and oxygen atoms in total. The molecule has 0 amide bonds. The molecule has 1 heterocycles. The first kappa shape index (κ1) is 11.9. The number of aromatic amines is 1. The third-order valence-electron chi connectivity index (χ3n) is 3.06. The highest BCUT2D eigenvalue weighted by atomic mass is 15.0. The second kappa shape index (κ2) is 5.64. The Balaban J connectivity index is 1.99. The first-order chi connectivity index (χ1) is 8.31. The molecule has 0 aliphatic rings. The summed E-state index contributed by atoms with van der Waals surface area (Å²) in [6, 6.07) is 10.9. The van der Waals surface area contributed by atoms with E-state index in [0.29, 0.717) is 6.04 Å². The van der Waals surface area contributed by atoms with Crippen molar-refractivity contribution in [2.24, 2.45) is 0 Å². The maximum Gasteiger partial charge on any atom is 0.0925 e. The molecule has 0 bridgehead atoms. The second-order valence-corrected chi connectivity index (χ2v) is 4.23. The van der Waals surface area contributed by atoms with Gasteiger partial charge in [-0.3, -0.25) is 0 Å². The number of hydrogen-bond acceptors (Lipinski definition) is 2. The fraction of sp³-hybridized carbons (Fsp3) is 0.357. The monoisotopic (exact) mass is 229 g/mol. The minimum atomic E-state index is 0.396. The third kappa shape index (κ3) is 2.94. The number of nitrogens with one attached hydrogen (secondary N) is 2. The van der Waals surface area contributed by atoms with Crippen LogP contribution in [0.15, 0.2) is 36.7 Å². The minimum absolute atomic E-state index is 0.396. The average Bonchev–Trinajstić information content (AvgIpc) is 2.77. The van der Waals surface area contributed by atoms with E-state index in [4.69, 9.17) is 0 Å². The van der Waals surface area contributed by atoms with Gasteiger partial charge in [-0.1, -0.05) is 37.3 Å². The van der Waals surface area contributed by atoms with Crippen LogP contribution < -0.4 is 5.32 Å². The van der Waals surface area contributed by atoms with Gasteiger partial charge in [-0.05, 0) is 18.9 Å². The number of aryl methyl sites for hydroxylation is 1. The van der Waals surface area contributed by atoms with Gasteiger partial charge in [0, 0.05) is 18.3 Å². The van der Waals surface area contributed by atoms with E-state index in [1.165, 1.54) is 5.56 Å². The number of hydrogen-bond donors (Lipinski definition) is 2. The van der Waals surface area contributed by atoms with Gasteiger partial charge in [0.25, 0.3) is 0 Å². The van der Waals surface area contributed by atoms with Crippen molar-refractivity contribution in [1.82, 2.24) is 15.3 Å². The predicted molar refractivity (Wildman–Crippen MR) is 69.6 cm³/mol. The molecule has 2 N–H and O–H groups in total. The van der Waals surface area contributed by atoms with Gasteiger partial charge in [-0.2, -0.15) is 0 Å². The van der Waals surface area contributed by atoms with Crippen LogP contribution in [0.3, 0.4) is 0 Å². The molecule has 0 radical (unpaired) electrons. The smallest absolute Gasteiger partial charge is 0.0925 e. The van der Waals surface area contributed by atoms with Crippen LogP contribution >= 0.6 is 0 Å². The van der Waals surface area contributed by atoms with Crippen LogP contribution in [0.1, 0.15) is 36.3 Å². The van der Waals surface area contributed by atoms with E-state index in [-0.39, 0.29) is 0 Å². The van der Waals surface area contributed by atoms with E-state index in [1.54, 1.807) is 6.33 Å². The summed E-state index contributed by atoms with van der Waals surface area (Å²) in [5.41, 5.74) is 3.57. The maximum atomic E-state index is 4.30. The highest BCUT2D eigenvalue weighted by Crippen LogP contribution is 2.16. The summed E-state index contributed by atoms with van der Waals surface area (Å²) in [5.74, 6) is 0. The quantitative estimate of drug-likeness (QED) is 0.827. The molecule has 0 fully saturated rings. The van der Waals surface area contributed by atoms with Crippen molar-refractivity contribution in [3.05, 3.63) is 53.6 Å². The Morgan fingerprint density at radius 1 is 1.29 bits per heavy atom. The van der Waals surface area contributed by atoms with Crippen molar-refractivity contribution in [2.75, 3.05) is 0 Å². The second-order valence-electron chi connectivity index (χ2n) is 4.23. The Kier molecular flexibility index (Phi) is 3.94. The van der Waals surface area contributed by atoms with E-state index in [0.717, 1.165) is 24.4 Å². The van der Waals surface area contributed by atoms with Crippen LogP contribution in [0.25, 0.3) is 0 Å². The van der Waals surface area contributed by atoms with Crippen molar-refractivity contribution in [1.29, 1.82) is 0 Å². The molecule has 0 saturated carbocycles. The van der Waals surface area contributed by atoms with Crippen LogP contribution in [0, 0.1) is 6.92 Å². The Morgan fingerprint density at radius 3 is 2.65 bits per heavy atom. The number of nitrogens with zero attached hydrogens (tertiary/aromatic N) is 1. The predicted octanol–water partition coefficient (Wildman–Crippen LogP) is 2.96. The molecular weight excluding hydrogens is 210 g/mol. The number of H-pyrrole nitrogens is 1. The van der Waals surface area contributed by atoms with Gasteiger partial charge in [0.05, 0.1) is 12.0 Å². The lowest BCUT2D eigenvalue weighted by Gasteiger charge is -2.16. The summed E-state index contributed by atoms with van der Waals surface area (Å²) in [5, 5.41) is 3.55. The third-order valence-corrected chi connectivity index (χ3v) is 3.06. The van der Waals surface area contributed by atoms with Crippen LogP contribution in [-0.2, 0) is 6.54 Å². The standard InChI is InChI=1S/C14H19N3/c1-3-13(12-7-5-4-6-8-12)15-9-14-11(2)16-10-17-14/h4-8,10,13,15H,3,9H2,1-2H3,(H,16,17). The molecule has 1 aromatic heterocycles. The van der Waals surface area contributed by atoms with Gasteiger partial charge < -0.3 is 10.3 Å². The highest BCUT2D eigenvalue weighted by Gasteiger charge is 2.09. The molecule has 3 heteroatoms. The fourth-order valence-electron chi connectivity index (χ4n) is 1.97. The zero-order valence-electron chi connectivity index (χ0n) is 10.4. The van der Waals surface area contributed by atoms with E-state index in [2.05, 4.69) is 46.5 Å². The van der Waals surface area contributed by atoms with Gasteiger partial charge in [-0.25, -0.2) is 4.98 Å². The summed E-state index contributed by atoms with van der Waals surface area (Å²) in [6.45, 7) is 5.05. The van der Waals surface area contributed by atoms with Gasteiger partial charge in [0.15, 0.2) is 0 Å². The maximum absolute atomic E-state index is 4.30. The fourth-order valence-corrected chi connectivity index (χ4v) is 1.97. The van der Waals surface area contributed by atoms with Crippen molar-refractivity contribution in [3.8, 4) is 0 Å². The van der Waals surface area contributed by atoms with Crippen molar-refractivity contribution in [3.63, 3.8) is 0 Å². The van der Waals surface area contributed by atoms with Gasteiger partial charge in [0.1, 0.15) is 0 Å². The molecule has 1 unspecified atom stereocenters. The molecule has 17 heavy (non-hydrogen) atoms. The van der Waals surface area contributed by atoms with Crippen LogP contribution in [0.4, 0.5) is 0 Å². The Bertz CT molecular complexity index is 448. The topological polar surface area (TPSA) is 40.7 Å². The first-order valence-corrected chi connectivity index (χ1v) is 6.08. The van der Waals surface area contributed by atoms with Crippen molar-refractivity contribution < 1.29 is 0 Å². The number of benzene rings is 1. The van der Waals surface area contributed by atoms with Gasteiger partial charge >= 0.3 is 0 Å². The van der Waals surface area contributed by atoms with Crippen LogP contribution in [-0.4, -0.2) is 9.97 Å². The molecule has 0 aliphatic heterocycles. The van der Waals surface area contributed by atoms with E-state index in [1.807, 2.05) is 13.0 Å². The van der Waals surface area contributed by atoms with E-state index >= 15 is 0 Å². The van der Waals surface area contributed by atoms with Crippen molar-refractivity contribution >= 4 is 0 Å². The molecule has 0 saturated heterocycles. The summed E-state index contributed by atoms with van der Waals surface area (Å²) in [7, 11) is 0. The zero-order valence-corrected chi connectivity index (χ0v) is 10.4. The molecule has 2 aromatic rings. The molecule has 1 aromatic carbocycles. The zero-order chi connectivity index (χ0) is 12.1. The van der Waals surface area contributed by atoms with E-state index < -0.39 is 0 Å². The Labute approximate surface area is 102 Å². The molecule has 0 aliphatic carbocycles. The minimum Gasteiger partial charge on any atom is -0.348 e. The Hall–Kier alpha value is -1.61. The molecule has 1 atom stereocenters. The number of imidazole rings is 1. The number of rotatable bonds is 5. The summed E-state index contributed by atoms with van der Waals surface area (Å²) in [6.07, 6.45) is 2.82. The lowest BCUT2D eigenvalue weighted by molar-refractivity contribution is 0.514. The summed E-state index contributed by atoms with van der Waals surface area (Å²) < 4.78 is 0. The van der Waals surface area contributed by atoms with Crippen LogP contribution in [0.5, 0.6) is 0 Å². The highest BCUT2D eigenvalue weighted by molar-refractivity contribution is 5.19. The SMILES string of the molecule is CCC(NCc1nc[nH]c1C)c1ccccc1. The molecular formula is C14H19N3. The molecule has 0 spiro atoms. The number of aromatic nitrogens is 2. The lowest BCUT2D eigenvalue weighted by atomic mass is 10.0. The summed E-state index contributed by atoms with van der Waals surface area (Å²) >= 11 is 0. The van der Waals surface area contributed by atoms with Gasteiger partial charge in [0.2, 0.25) is 0 Å². The lowest BCUT2D eigenvalue weighted by Crippen LogP contribution is -2.20. The van der Waals surface area contributed by atoms with Gasteiger partial charge in [-0.15, -0.1) is 0 Å². The Morgan fingerprint density at radius 2 is 2.06 bits per heavy atom.